The fraction of sp³-hybridized carbons (Fsp3) is 1.00. The molecule has 3 atom stereocenters. The molecule has 0 saturated carbocycles. The molecule has 0 aromatic rings. The Balaban J connectivity index is 3.68. The Morgan fingerprint density at radius 1 is 1.14 bits per heavy atom. The second-order valence-electron chi connectivity index (χ2n) is 4.86. The molecule has 0 spiro atoms. The monoisotopic (exact) mass is 201 g/mol. The molecular formula is C12H27NO. The maximum Gasteiger partial charge on any atom is 0.0515 e. The number of aliphatic hydroxyl groups is 1. The van der Waals surface area contributed by atoms with Gasteiger partial charge in [0.15, 0.2) is 0 Å². The molecule has 0 amide bonds. The maximum atomic E-state index is 9.23. The lowest BCUT2D eigenvalue weighted by molar-refractivity contribution is 0.161. The summed E-state index contributed by atoms with van der Waals surface area (Å²) in [4.78, 5) is 0. The van der Waals surface area contributed by atoms with Crippen molar-refractivity contribution in [1.82, 2.24) is 5.32 Å². The van der Waals surface area contributed by atoms with Gasteiger partial charge in [-0.2, -0.15) is 0 Å². The van der Waals surface area contributed by atoms with E-state index >= 15 is 0 Å². The SMILES string of the molecule is CCC(NCC(C)CC(C)O)C(C)C. The van der Waals surface area contributed by atoms with Crippen molar-refractivity contribution in [2.24, 2.45) is 11.8 Å². The van der Waals surface area contributed by atoms with E-state index < -0.39 is 0 Å². The second kappa shape index (κ2) is 7.24. The first-order valence-corrected chi connectivity index (χ1v) is 5.88. The number of rotatable bonds is 7. The summed E-state index contributed by atoms with van der Waals surface area (Å²) in [6.45, 7) is 11.8. The molecule has 2 nitrogen and oxygen atoms in total. The van der Waals surface area contributed by atoms with Crippen LogP contribution in [0.3, 0.4) is 0 Å². The molecule has 0 rings (SSSR count). The lowest BCUT2D eigenvalue weighted by Gasteiger charge is -2.23. The molecule has 2 heteroatoms. The van der Waals surface area contributed by atoms with Crippen LogP contribution >= 0.6 is 0 Å². The minimum Gasteiger partial charge on any atom is -0.393 e. The van der Waals surface area contributed by atoms with Gasteiger partial charge in [-0.05, 0) is 38.1 Å². The van der Waals surface area contributed by atoms with Crippen molar-refractivity contribution in [2.75, 3.05) is 6.54 Å². The Labute approximate surface area is 89.1 Å². The van der Waals surface area contributed by atoms with Crippen molar-refractivity contribution < 1.29 is 5.11 Å². The van der Waals surface area contributed by atoms with Crippen LogP contribution in [0, 0.1) is 11.8 Å². The van der Waals surface area contributed by atoms with Crippen LogP contribution in [0.2, 0.25) is 0 Å². The van der Waals surface area contributed by atoms with Crippen molar-refractivity contribution in [3.63, 3.8) is 0 Å². The van der Waals surface area contributed by atoms with Crippen LogP contribution in [0.15, 0.2) is 0 Å². The minimum absolute atomic E-state index is 0.175. The van der Waals surface area contributed by atoms with Gasteiger partial charge in [-0.25, -0.2) is 0 Å². The van der Waals surface area contributed by atoms with E-state index in [9.17, 15) is 5.11 Å². The highest BCUT2D eigenvalue weighted by Crippen LogP contribution is 2.08. The second-order valence-corrected chi connectivity index (χ2v) is 4.86. The molecule has 0 aliphatic carbocycles. The van der Waals surface area contributed by atoms with E-state index in [1.165, 1.54) is 6.42 Å². The minimum atomic E-state index is -0.175. The average Bonchev–Trinajstić information content (AvgIpc) is 2.03. The standard InChI is InChI=1S/C12H27NO/c1-6-12(9(2)3)13-8-10(4)7-11(5)14/h9-14H,6-8H2,1-5H3. The van der Waals surface area contributed by atoms with Crippen LogP contribution in [-0.4, -0.2) is 23.8 Å². The van der Waals surface area contributed by atoms with Crippen LogP contribution < -0.4 is 5.32 Å². The van der Waals surface area contributed by atoms with Gasteiger partial charge in [-0.3, -0.25) is 0 Å². The summed E-state index contributed by atoms with van der Waals surface area (Å²) in [6, 6.07) is 0.617. The lowest BCUT2D eigenvalue weighted by atomic mass is 9.99. The summed E-state index contributed by atoms with van der Waals surface area (Å²) in [5.74, 6) is 1.25. The number of hydrogen-bond donors (Lipinski definition) is 2. The number of aliphatic hydroxyl groups excluding tert-OH is 1. The first-order valence-electron chi connectivity index (χ1n) is 5.88. The summed E-state index contributed by atoms with van der Waals surface area (Å²) < 4.78 is 0. The van der Waals surface area contributed by atoms with Crippen molar-refractivity contribution in [2.45, 2.75) is 59.6 Å². The van der Waals surface area contributed by atoms with Crippen molar-refractivity contribution in [1.29, 1.82) is 0 Å². The molecule has 0 aromatic carbocycles. The van der Waals surface area contributed by atoms with E-state index in [-0.39, 0.29) is 6.10 Å². The molecule has 0 aliphatic heterocycles. The van der Waals surface area contributed by atoms with Gasteiger partial charge in [-0.15, -0.1) is 0 Å². The van der Waals surface area contributed by atoms with Gasteiger partial charge in [0, 0.05) is 6.04 Å². The van der Waals surface area contributed by atoms with Crippen molar-refractivity contribution in [3.8, 4) is 0 Å². The zero-order valence-corrected chi connectivity index (χ0v) is 10.4. The van der Waals surface area contributed by atoms with Gasteiger partial charge in [0.25, 0.3) is 0 Å². The summed E-state index contributed by atoms with van der Waals surface area (Å²) in [5.41, 5.74) is 0. The largest absolute Gasteiger partial charge is 0.393 e. The number of hydrogen-bond acceptors (Lipinski definition) is 2. The smallest absolute Gasteiger partial charge is 0.0515 e. The molecule has 0 heterocycles. The predicted molar refractivity (Wildman–Crippen MR) is 62.4 cm³/mol. The fourth-order valence-electron chi connectivity index (χ4n) is 1.87. The molecule has 0 saturated heterocycles. The van der Waals surface area contributed by atoms with Gasteiger partial charge in [0.1, 0.15) is 0 Å². The van der Waals surface area contributed by atoms with Crippen molar-refractivity contribution >= 4 is 0 Å². The molecule has 0 fully saturated rings. The third kappa shape index (κ3) is 6.39. The lowest BCUT2D eigenvalue weighted by Crippen LogP contribution is -2.36. The van der Waals surface area contributed by atoms with Crippen LogP contribution in [-0.2, 0) is 0 Å². The van der Waals surface area contributed by atoms with E-state index in [4.69, 9.17) is 0 Å². The molecule has 86 valence electrons. The fourth-order valence-corrected chi connectivity index (χ4v) is 1.87. The Hall–Kier alpha value is -0.0800. The quantitative estimate of drug-likeness (QED) is 0.663. The van der Waals surface area contributed by atoms with E-state index in [1.54, 1.807) is 0 Å². The summed E-state index contributed by atoms with van der Waals surface area (Å²) in [7, 11) is 0. The highest BCUT2D eigenvalue weighted by Gasteiger charge is 2.12. The van der Waals surface area contributed by atoms with Gasteiger partial charge >= 0.3 is 0 Å². The third-order valence-electron chi connectivity index (χ3n) is 2.72. The number of nitrogens with one attached hydrogen (secondary N) is 1. The van der Waals surface area contributed by atoms with Crippen LogP contribution in [0.4, 0.5) is 0 Å². The van der Waals surface area contributed by atoms with Crippen molar-refractivity contribution in [3.05, 3.63) is 0 Å². The Morgan fingerprint density at radius 2 is 1.71 bits per heavy atom. The van der Waals surface area contributed by atoms with Gasteiger partial charge in [-0.1, -0.05) is 27.7 Å². The zero-order chi connectivity index (χ0) is 11.1. The zero-order valence-electron chi connectivity index (χ0n) is 10.4. The van der Waals surface area contributed by atoms with Gasteiger partial charge in [0.2, 0.25) is 0 Å². The van der Waals surface area contributed by atoms with E-state index in [0.29, 0.717) is 17.9 Å². The molecule has 0 aliphatic rings. The van der Waals surface area contributed by atoms with Crippen LogP contribution in [0.25, 0.3) is 0 Å². The van der Waals surface area contributed by atoms with Crippen LogP contribution in [0.5, 0.6) is 0 Å². The molecule has 0 aromatic heterocycles. The highest BCUT2D eigenvalue weighted by atomic mass is 16.3. The predicted octanol–water partition coefficient (Wildman–Crippen LogP) is 2.42. The molecule has 2 N–H and O–H groups in total. The summed E-state index contributed by atoms with van der Waals surface area (Å²) in [5, 5.41) is 12.8. The van der Waals surface area contributed by atoms with E-state index in [0.717, 1.165) is 13.0 Å². The molecule has 14 heavy (non-hydrogen) atoms. The molecule has 0 bridgehead atoms. The summed E-state index contributed by atoms with van der Waals surface area (Å²) >= 11 is 0. The van der Waals surface area contributed by atoms with Crippen LogP contribution in [0.1, 0.15) is 47.5 Å². The van der Waals surface area contributed by atoms with Gasteiger partial charge < -0.3 is 10.4 Å². The molecule has 0 radical (unpaired) electrons. The Morgan fingerprint density at radius 3 is 2.07 bits per heavy atom. The Bertz CT molecular complexity index is 134. The normalized spacial score (nSPS) is 18.2. The topological polar surface area (TPSA) is 32.3 Å². The molecular weight excluding hydrogens is 174 g/mol. The molecule has 3 unspecified atom stereocenters. The summed E-state index contributed by atoms with van der Waals surface area (Å²) in [6.07, 6.45) is 1.89. The first-order chi connectivity index (χ1) is 6.47. The maximum absolute atomic E-state index is 9.23. The first kappa shape index (κ1) is 13.9. The van der Waals surface area contributed by atoms with E-state index in [2.05, 4.69) is 33.0 Å². The third-order valence-corrected chi connectivity index (χ3v) is 2.72. The Kier molecular flexibility index (Phi) is 7.20. The highest BCUT2D eigenvalue weighted by molar-refractivity contribution is 4.70. The van der Waals surface area contributed by atoms with E-state index in [1.807, 2.05) is 6.92 Å². The average molecular weight is 201 g/mol. The van der Waals surface area contributed by atoms with Gasteiger partial charge in [0.05, 0.1) is 6.10 Å².